The number of thiophene rings is 1. The Balaban J connectivity index is 0.00000217. The summed E-state index contributed by atoms with van der Waals surface area (Å²) < 4.78 is 36.1. The number of aromatic nitrogens is 3. The first kappa shape index (κ1) is 37.8. The van der Waals surface area contributed by atoms with Crippen molar-refractivity contribution < 1.29 is 23.2 Å². The fourth-order valence-corrected chi connectivity index (χ4v) is 10.0. The molecule has 2 atom stereocenters. The average Bonchev–Trinajstić information content (AvgIpc) is 3.63. The highest BCUT2D eigenvalue weighted by Crippen LogP contribution is 2.42. The number of amides is 3. The molecule has 2 unspecified atom stereocenters. The molecule has 3 fully saturated rings. The number of nitrogens with one attached hydrogen (secondary N) is 3. The molecule has 16 heteroatoms. The Morgan fingerprint density at radius 2 is 1.64 bits per heavy atom. The van der Waals surface area contributed by atoms with E-state index in [9.17, 15) is 19.2 Å². The Morgan fingerprint density at radius 3 is 2.39 bits per heavy atom. The monoisotopic (exact) mass is 787 g/mol. The van der Waals surface area contributed by atoms with Gasteiger partial charge in [-0.3, -0.25) is 33.7 Å². The predicted octanol–water partition coefficient (Wildman–Crippen LogP) is 5.08. The topological polar surface area (TPSA) is 137 Å². The maximum absolute atomic E-state index is 16.1. The van der Waals surface area contributed by atoms with E-state index in [-0.39, 0.29) is 36.4 Å². The number of aryl methyl sites for hydroxylation is 1. The number of halogens is 2. The van der Waals surface area contributed by atoms with Crippen molar-refractivity contribution in [1.82, 2.24) is 29.7 Å². The molecule has 0 aliphatic carbocycles. The molecule has 3 aromatic heterocycles. The third-order valence-electron chi connectivity index (χ3n) is 11.8. The molecule has 13 nitrogen and oxygen atoms in total. The van der Waals surface area contributed by atoms with Gasteiger partial charge >= 0.3 is 5.69 Å². The van der Waals surface area contributed by atoms with Crippen LogP contribution in [0.3, 0.4) is 0 Å². The number of imide groups is 1. The second kappa shape index (κ2) is 14.8. The van der Waals surface area contributed by atoms with Gasteiger partial charge in [-0.2, -0.15) is 0 Å². The first-order valence-electron chi connectivity index (χ1n) is 19.5. The highest BCUT2D eigenvalue weighted by atomic mass is 32.1. The molecule has 56 heavy (non-hydrogen) atoms. The number of fused-ring (bicyclic) bond motifs is 6. The molecule has 3 amide bonds. The molecule has 0 spiro atoms. The molecule has 3 saturated heterocycles. The minimum absolute atomic E-state index is 0.0111. The van der Waals surface area contributed by atoms with E-state index in [1.807, 2.05) is 68.3 Å². The predicted molar refractivity (Wildman–Crippen MR) is 216 cm³/mol. The zero-order valence-corrected chi connectivity index (χ0v) is 32.8. The maximum atomic E-state index is 16.1. The lowest BCUT2D eigenvalue weighted by Crippen LogP contribution is -2.60. The first-order valence-corrected chi connectivity index (χ1v) is 20.3. The smallest absolute Gasteiger partial charge is 0.329 e. The second-order valence-electron chi connectivity index (χ2n) is 14.9. The van der Waals surface area contributed by atoms with Gasteiger partial charge in [0.15, 0.2) is 0 Å². The molecule has 3 N–H and O–H groups in total. The van der Waals surface area contributed by atoms with Crippen LogP contribution >= 0.6 is 11.3 Å². The van der Waals surface area contributed by atoms with Gasteiger partial charge in [0, 0.05) is 73.4 Å². The lowest BCUT2D eigenvalue weighted by atomic mass is 9.94. The van der Waals surface area contributed by atoms with Crippen molar-refractivity contribution in [3.05, 3.63) is 57.8 Å². The van der Waals surface area contributed by atoms with Crippen LogP contribution in [-0.2, 0) is 16.6 Å². The van der Waals surface area contributed by atoms with Crippen molar-refractivity contribution in [2.75, 3.05) is 61.4 Å². The van der Waals surface area contributed by atoms with Crippen molar-refractivity contribution in [3.8, 4) is 0 Å². The number of imidazole rings is 1. The highest BCUT2D eigenvalue weighted by Gasteiger charge is 2.48. The molecule has 296 valence electrons. The van der Waals surface area contributed by atoms with Crippen LogP contribution in [0.4, 0.5) is 26.0 Å². The summed E-state index contributed by atoms with van der Waals surface area (Å²) in [6.45, 7) is 6.55. The van der Waals surface area contributed by atoms with Gasteiger partial charge in [0.05, 0.1) is 34.8 Å². The van der Waals surface area contributed by atoms with E-state index in [1.54, 1.807) is 11.9 Å². The van der Waals surface area contributed by atoms with Crippen molar-refractivity contribution in [2.24, 2.45) is 7.05 Å². The molecular formula is C40H47F2N9O4S. The number of piperidine rings is 3. The van der Waals surface area contributed by atoms with Gasteiger partial charge in [0.25, 0.3) is 11.8 Å². The Hall–Kier alpha value is -5.09. The number of hydrogen-bond acceptors (Lipinski definition) is 10. The SMILES string of the molecule is CC.CN(C1CCN(c2ccc3c(c2)n(C)c(=O)n3C2CCC(=O)NC2=O)CC1)C1CCN(c2ccc3c(ccc4sc5c(c43)NCCNC5=O)n2)CC1(F)F. The van der Waals surface area contributed by atoms with E-state index in [4.69, 9.17) is 4.98 Å². The zero-order valence-electron chi connectivity index (χ0n) is 32.0. The number of anilines is 3. The van der Waals surface area contributed by atoms with E-state index in [1.165, 1.54) is 20.5 Å². The fraction of sp³-hybridized carbons (Fsp3) is 0.475. The largest absolute Gasteiger partial charge is 0.381 e. The average molecular weight is 788 g/mol. The minimum Gasteiger partial charge on any atom is -0.381 e. The Labute approximate surface area is 326 Å². The summed E-state index contributed by atoms with van der Waals surface area (Å²) in [5.41, 5.74) is 3.44. The standard InChI is InChI=1S/C38H41F2N9O4S.C2H6/c1-45(21-11-16-47(17-12-21)22-3-6-25-27(19-22)46(2)37(53)49(25)26-7-10-31(50)44-35(26)51)29-13-18-48(20-38(29,39)40)30-9-4-23-24(43-30)5-8-28-32(23)33-34(54-28)36(52)42-15-14-41-33;1-2/h3-6,8-9,19,21,26,29,41H,7,10-18,20H2,1-2H3,(H,42,52)(H,44,50,51);1-2H3. The molecule has 0 radical (unpaired) electrons. The van der Waals surface area contributed by atoms with Gasteiger partial charge in [0.2, 0.25) is 11.8 Å². The number of nitrogens with zero attached hydrogens (tertiary/aromatic N) is 6. The number of carbonyl (C=O) groups excluding carboxylic acids is 3. The van der Waals surface area contributed by atoms with Gasteiger partial charge in [-0.1, -0.05) is 13.8 Å². The van der Waals surface area contributed by atoms with Crippen molar-refractivity contribution >= 4 is 78.3 Å². The Morgan fingerprint density at radius 1 is 0.893 bits per heavy atom. The van der Waals surface area contributed by atoms with Crippen molar-refractivity contribution in [3.63, 3.8) is 0 Å². The van der Waals surface area contributed by atoms with Crippen LogP contribution < -0.4 is 31.4 Å². The molecule has 2 aromatic carbocycles. The number of carbonyl (C=O) groups is 3. The maximum Gasteiger partial charge on any atom is 0.329 e. The summed E-state index contributed by atoms with van der Waals surface area (Å²) in [4.78, 5) is 61.4. The number of pyridine rings is 1. The third-order valence-corrected chi connectivity index (χ3v) is 13.0. The Kier molecular flexibility index (Phi) is 9.97. The molecule has 5 aromatic rings. The number of benzene rings is 2. The summed E-state index contributed by atoms with van der Waals surface area (Å²) in [5.74, 6) is -3.34. The quantitative estimate of drug-likeness (QED) is 0.209. The van der Waals surface area contributed by atoms with Gasteiger partial charge in [0.1, 0.15) is 16.7 Å². The van der Waals surface area contributed by atoms with Gasteiger partial charge in [-0.05, 0) is 75.2 Å². The molecule has 0 saturated carbocycles. The summed E-state index contributed by atoms with van der Waals surface area (Å²) in [5, 5.41) is 10.5. The number of alkyl halides is 2. The molecule has 0 bridgehead atoms. The normalized spacial score (nSPS) is 21.7. The van der Waals surface area contributed by atoms with Crippen LogP contribution in [0.1, 0.15) is 61.7 Å². The van der Waals surface area contributed by atoms with Gasteiger partial charge in [-0.25, -0.2) is 18.6 Å². The zero-order chi connectivity index (χ0) is 39.5. The minimum atomic E-state index is -2.96. The third kappa shape index (κ3) is 6.45. The van der Waals surface area contributed by atoms with Gasteiger partial charge in [-0.15, -0.1) is 11.3 Å². The summed E-state index contributed by atoms with van der Waals surface area (Å²) in [7, 11) is 3.50. The van der Waals surface area contributed by atoms with Crippen molar-refractivity contribution in [1.29, 1.82) is 0 Å². The summed E-state index contributed by atoms with van der Waals surface area (Å²) in [6.07, 6.45) is 2.17. The van der Waals surface area contributed by atoms with E-state index in [0.717, 1.165) is 26.8 Å². The molecular weight excluding hydrogens is 741 g/mol. The van der Waals surface area contributed by atoms with Crippen LogP contribution in [0.25, 0.3) is 32.0 Å². The van der Waals surface area contributed by atoms with Crippen LogP contribution in [0.5, 0.6) is 0 Å². The second-order valence-corrected chi connectivity index (χ2v) is 15.9. The van der Waals surface area contributed by atoms with Crippen LogP contribution in [0.15, 0.2) is 47.3 Å². The van der Waals surface area contributed by atoms with Crippen LogP contribution in [0, 0.1) is 0 Å². The van der Waals surface area contributed by atoms with E-state index in [0.29, 0.717) is 79.2 Å². The molecule has 9 rings (SSSR count). The molecule has 4 aliphatic heterocycles. The fourth-order valence-electron chi connectivity index (χ4n) is 8.93. The summed E-state index contributed by atoms with van der Waals surface area (Å²) in [6, 6.07) is 11.7. The Bertz CT molecular complexity index is 2420. The van der Waals surface area contributed by atoms with Crippen LogP contribution in [-0.4, -0.2) is 101 Å². The molecule has 4 aliphatic rings. The van der Waals surface area contributed by atoms with Gasteiger partial charge < -0.3 is 20.4 Å². The highest BCUT2D eigenvalue weighted by molar-refractivity contribution is 7.21. The first-order chi connectivity index (χ1) is 27.0. The lowest BCUT2D eigenvalue weighted by molar-refractivity contribution is -0.135. The molecule has 7 heterocycles. The lowest BCUT2D eigenvalue weighted by Gasteiger charge is -2.47. The van der Waals surface area contributed by atoms with E-state index in [2.05, 4.69) is 20.9 Å². The summed E-state index contributed by atoms with van der Waals surface area (Å²) >= 11 is 1.44. The number of rotatable bonds is 5. The van der Waals surface area contributed by atoms with E-state index >= 15 is 8.78 Å². The van der Waals surface area contributed by atoms with Crippen LogP contribution in [0.2, 0.25) is 0 Å². The number of hydrogen-bond donors (Lipinski definition) is 3. The van der Waals surface area contributed by atoms with Crippen molar-refractivity contribution in [2.45, 2.75) is 70.0 Å². The van der Waals surface area contributed by atoms with E-state index < -0.39 is 30.5 Å².